The van der Waals surface area contributed by atoms with Gasteiger partial charge in [-0.05, 0) is 0 Å². The minimum Gasteiger partial charge on any atom is -0.390 e. The zero-order valence-corrected chi connectivity index (χ0v) is 11.1. The van der Waals surface area contributed by atoms with Crippen molar-refractivity contribution in [3.63, 3.8) is 0 Å². The first-order valence-corrected chi connectivity index (χ1v) is 5.76. The van der Waals surface area contributed by atoms with Crippen molar-refractivity contribution in [1.29, 1.82) is 0 Å². The van der Waals surface area contributed by atoms with Gasteiger partial charge in [0, 0.05) is 0 Å². The van der Waals surface area contributed by atoms with Crippen LogP contribution in [0.15, 0.2) is 24.7 Å². The van der Waals surface area contributed by atoms with E-state index >= 15 is 0 Å². The fraction of sp³-hybridized carbons (Fsp3) is 0.100. The molecular weight excluding hydrogens is 318 g/mol. The molecule has 0 bridgehead atoms. The summed E-state index contributed by atoms with van der Waals surface area (Å²) in [6.07, 6.45) is 2.15. The van der Waals surface area contributed by atoms with E-state index in [9.17, 15) is 30.3 Å². The van der Waals surface area contributed by atoms with E-state index in [4.69, 9.17) is 9.94 Å². The van der Waals surface area contributed by atoms with E-state index in [1.807, 2.05) is 0 Å². The lowest BCUT2D eigenvalue weighted by molar-refractivity contribution is -0.404. The summed E-state index contributed by atoms with van der Waals surface area (Å²) in [6, 6.07) is 1.10. The van der Waals surface area contributed by atoms with Gasteiger partial charge in [-0.3, -0.25) is 30.3 Å². The van der Waals surface area contributed by atoms with E-state index in [0.717, 1.165) is 17.3 Å². The number of nitro benzene ring substituents is 3. The maximum absolute atomic E-state index is 11.0. The summed E-state index contributed by atoms with van der Waals surface area (Å²) < 4.78 is 0.798. The number of imidazole rings is 1. The first kappa shape index (κ1) is 15.8. The highest BCUT2D eigenvalue weighted by Crippen LogP contribution is 2.40. The molecule has 1 aromatic heterocycles. The average Bonchev–Trinajstić information content (AvgIpc) is 2.94. The Morgan fingerprint density at radius 2 is 1.65 bits per heavy atom. The molecule has 1 heterocycles. The number of aliphatic hydroxyl groups excluding tert-OH is 1. The minimum absolute atomic E-state index is 0.150. The molecule has 13 nitrogen and oxygen atoms in total. The number of hydrogen-bond donors (Lipinski definition) is 1. The van der Waals surface area contributed by atoms with Crippen molar-refractivity contribution in [2.24, 2.45) is 0 Å². The molecule has 0 saturated carbocycles. The predicted molar refractivity (Wildman–Crippen MR) is 70.6 cm³/mol. The van der Waals surface area contributed by atoms with Crippen LogP contribution in [0, 0.1) is 30.3 Å². The minimum atomic E-state index is -1.04. The molecule has 13 heteroatoms. The molecule has 2 rings (SSSR count). The van der Waals surface area contributed by atoms with Crippen molar-refractivity contribution in [3.05, 3.63) is 60.7 Å². The highest BCUT2D eigenvalue weighted by atomic mass is 16.7. The molecule has 0 unspecified atom stereocenters. The molecule has 23 heavy (non-hydrogen) atoms. The van der Waals surface area contributed by atoms with Crippen molar-refractivity contribution >= 4 is 17.1 Å². The monoisotopic (exact) mass is 325 g/mol. The maximum Gasteiger partial charge on any atom is 0.328 e. The third-order valence-corrected chi connectivity index (χ3v) is 2.61. The molecule has 0 fully saturated rings. The fourth-order valence-corrected chi connectivity index (χ4v) is 1.64. The van der Waals surface area contributed by atoms with Crippen LogP contribution >= 0.6 is 0 Å². The standard InChI is InChI=1S/C10H7N5O8/c16-4-6-3-12(5-11-6)23-10-8(14(19)20)1-7(13(17)18)2-9(10)15(21)22/h1-3,5,16H,4H2. The molecule has 1 aromatic carbocycles. The van der Waals surface area contributed by atoms with Crippen LogP contribution < -0.4 is 4.84 Å². The fourth-order valence-electron chi connectivity index (χ4n) is 1.64. The summed E-state index contributed by atoms with van der Waals surface area (Å²) in [6.45, 7) is -0.444. The Morgan fingerprint density at radius 3 is 2.04 bits per heavy atom. The Labute approximate surface area is 125 Å². The number of aliphatic hydroxyl groups is 1. The molecule has 2 aromatic rings. The summed E-state index contributed by atoms with van der Waals surface area (Å²) in [5, 5.41) is 41.7. The van der Waals surface area contributed by atoms with Crippen molar-refractivity contribution in [1.82, 2.24) is 9.71 Å². The maximum atomic E-state index is 11.0. The van der Waals surface area contributed by atoms with Gasteiger partial charge in [0.1, 0.15) is 6.33 Å². The van der Waals surface area contributed by atoms with Crippen molar-refractivity contribution < 1.29 is 24.7 Å². The van der Waals surface area contributed by atoms with Crippen LogP contribution in [0.1, 0.15) is 5.69 Å². The number of hydrogen-bond acceptors (Lipinski definition) is 9. The highest BCUT2D eigenvalue weighted by molar-refractivity contribution is 5.65. The molecule has 0 aliphatic carbocycles. The van der Waals surface area contributed by atoms with Gasteiger partial charge in [-0.25, -0.2) is 4.98 Å². The molecule has 0 spiro atoms. The lowest BCUT2D eigenvalue weighted by atomic mass is 10.2. The number of nitro groups is 3. The van der Waals surface area contributed by atoms with Crippen LogP contribution in [0.4, 0.5) is 17.1 Å². The molecule has 0 atom stereocenters. The number of nitrogens with zero attached hydrogens (tertiary/aromatic N) is 5. The molecule has 1 N–H and O–H groups in total. The SMILES string of the molecule is O=[N+]([O-])c1cc([N+](=O)[O-])c(On2cnc(CO)c2)c([N+](=O)[O-])c1. The Kier molecular flexibility index (Phi) is 4.13. The van der Waals surface area contributed by atoms with Crippen molar-refractivity contribution in [2.45, 2.75) is 6.61 Å². The molecule has 0 amide bonds. The second kappa shape index (κ2) is 6.02. The lowest BCUT2D eigenvalue weighted by Crippen LogP contribution is -2.07. The Morgan fingerprint density at radius 1 is 1.09 bits per heavy atom. The zero-order chi connectivity index (χ0) is 17.1. The second-order valence-corrected chi connectivity index (χ2v) is 4.06. The predicted octanol–water partition coefficient (Wildman–Crippen LogP) is 0.942. The van der Waals surface area contributed by atoms with Crippen LogP contribution in [-0.2, 0) is 6.61 Å². The first-order chi connectivity index (χ1) is 10.8. The Hall–Kier alpha value is -3.61. The number of rotatable bonds is 6. The average molecular weight is 325 g/mol. The highest BCUT2D eigenvalue weighted by Gasteiger charge is 2.33. The summed E-state index contributed by atoms with van der Waals surface area (Å²) in [4.78, 5) is 38.4. The smallest absolute Gasteiger partial charge is 0.328 e. The van der Waals surface area contributed by atoms with Gasteiger partial charge in [-0.1, -0.05) is 0 Å². The summed E-state index contributed by atoms with van der Waals surface area (Å²) >= 11 is 0. The van der Waals surface area contributed by atoms with Gasteiger partial charge >= 0.3 is 17.1 Å². The van der Waals surface area contributed by atoms with Crippen LogP contribution in [0.2, 0.25) is 0 Å². The van der Waals surface area contributed by atoms with Crippen molar-refractivity contribution in [3.8, 4) is 5.75 Å². The van der Waals surface area contributed by atoms with Gasteiger partial charge in [0.25, 0.3) is 5.69 Å². The van der Waals surface area contributed by atoms with Gasteiger partial charge in [0.15, 0.2) is 0 Å². The van der Waals surface area contributed by atoms with Gasteiger partial charge < -0.3 is 9.94 Å². The normalized spacial score (nSPS) is 10.3. The second-order valence-electron chi connectivity index (χ2n) is 4.06. The zero-order valence-electron chi connectivity index (χ0n) is 11.1. The van der Waals surface area contributed by atoms with E-state index in [1.54, 1.807) is 0 Å². The van der Waals surface area contributed by atoms with E-state index in [0.29, 0.717) is 12.1 Å². The van der Waals surface area contributed by atoms with Gasteiger partial charge in [-0.15, -0.1) is 0 Å². The molecule has 0 saturated heterocycles. The van der Waals surface area contributed by atoms with E-state index in [-0.39, 0.29) is 5.69 Å². The lowest BCUT2D eigenvalue weighted by Gasteiger charge is -2.06. The first-order valence-electron chi connectivity index (χ1n) is 5.76. The van der Waals surface area contributed by atoms with Crippen LogP contribution in [0.3, 0.4) is 0 Å². The van der Waals surface area contributed by atoms with Crippen LogP contribution in [0.25, 0.3) is 0 Å². The molecule has 0 aliphatic rings. The Bertz CT molecular complexity index is 765. The largest absolute Gasteiger partial charge is 0.390 e. The number of benzene rings is 1. The molecule has 0 radical (unpaired) electrons. The van der Waals surface area contributed by atoms with Crippen LogP contribution in [0.5, 0.6) is 5.75 Å². The molecule has 0 aliphatic heterocycles. The van der Waals surface area contributed by atoms with E-state index in [2.05, 4.69) is 4.98 Å². The Balaban J connectivity index is 2.60. The summed E-state index contributed by atoms with van der Waals surface area (Å²) in [5.41, 5.74) is -2.58. The van der Waals surface area contributed by atoms with Crippen LogP contribution in [-0.4, -0.2) is 29.6 Å². The van der Waals surface area contributed by atoms with Gasteiger partial charge in [0.2, 0.25) is 0 Å². The summed E-state index contributed by atoms with van der Waals surface area (Å²) in [7, 11) is 0. The van der Waals surface area contributed by atoms with Gasteiger partial charge in [-0.2, -0.15) is 4.73 Å². The van der Waals surface area contributed by atoms with Crippen molar-refractivity contribution in [2.75, 3.05) is 0 Å². The van der Waals surface area contributed by atoms with E-state index < -0.39 is 44.2 Å². The van der Waals surface area contributed by atoms with Gasteiger partial charge in [0.05, 0.1) is 45.4 Å². The number of non-ortho nitro benzene ring substituents is 1. The molecular formula is C10H7N5O8. The summed E-state index contributed by atoms with van der Waals surface area (Å²) in [5.74, 6) is -0.799. The third-order valence-electron chi connectivity index (χ3n) is 2.61. The topological polar surface area (TPSA) is 177 Å². The quantitative estimate of drug-likeness (QED) is 0.597. The molecule has 120 valence electrons. The van der Waals surface area contributed by atoms with E-state index in [1.165, 1.54) is 0 Å². The number of aromatic nitrogens is 2. The third kappa shape index (κ3) is 3.18.